The minimum absolute atomic E-state index is 0.0578. The maximum Gasteiger partial charge on any atom is 0.336 e. The molecule has 2 aromatic carbocycles. The summed E-state index contributed by atoms with van der Waals surface area (Å²) in [5.41, 5.74) is 0.982. The van der Waals surface area contributed by atoms with Crippen LogP contribution < -0.4 is 4.74 Å². The smallest absolute Gasteiger partial charge is 0.336 e. The van der Waals surface area contributed by atoms with Crippen molar-refractivity contribution in [3.63, 3.8) is 0 Å². The van der Waals surface area contributed by atoms with Crippen molar-refractivity contribution in [2.75, 3.05) is 7.11 Å². The largest absolute Gasteiger partial charge is 0.496 e. The first kappa shape index (κ1) is 15.4. The molecule has 0 radical (unpaired) electrons. The zero-order valence-electron chi connectivity index (χ0n) is 11.1. The summed E-state index contributed by atoms with van der Waals surface area (Å²) >= 11 is 12.2. The molecule has 0 aromatic heterocycles. The van der Waals surface area contributed by atoms with Gasteiger partial charge in [-0.05, 0) is 24.3 Å². The van der Waals surface area contributed by atoms with Crippen LogP contribution in [-0.4, -0.2) is 18.2 Å². The minimum Gasteiger partial charge on any atom is -0.496 e. The van der Waals surface area contributed by atoms with Crippen LogP contribution in [0.2, 0.25) is 10.0 Å². The topological polar surface area (TPSA) is 46.5 Å². The average Bonchev–Trinajstić information content (AvgIpc) is 2.46. The Morgan fingerprint density at radius 1 is 1.10 bits per heavy atom. The molecule has 2 aromatic rings. The van der Waals surface area contributed by atoms with Gasteiger partial charge in [0, 0.05) is 21.2 Å². The van der Waals surface area contributed by atoms with E-state index in [1.807, 2.05) is 0 Å². The number of carboxylic acid groups (broad SMARTS) is 1. The SMILES string of the molecule is COc1ccccc1/C(=C/c1c(Cl)cccc1Cl)C(=O)O. The van der Waals surface area contributed by atoms with Gasteiger partial charge in [0.05, 0.1) is 12.7 Å². The van der Waals surface area contributed by atoms with E-state index in [0.717, 1.165) is 0 Å². The lowest BCUT2D eigenvalue weighted by Gasteiger charge is -2.10. The second kappa shape index (κ2) is 6.66. The molecule has 3 nitrogen and oxygen atoms in total. The molecule has 0 atom stereocenters. The van der Waals surface area contributed by atoms with Crippen molar-refractivity contribution < 1.29 is 14.6 Å². The highest BCUT2D eigenvalue weighted by atomic mass is 35.5. The Kier molecular flexibility index (Phi) is 4.89. The number of carboxylic acids is 1. The highest BCUT2D eigenvalue weighted by Crippen LogP contribution is 2.32. The van der Waals surface area contributed by atoms with Crippen molar-refractivity contribution in [2.24, 2.45) is 0 Å². The van der Waals surface area contributed by atoms with Gasteiger partial charge < -0.3 is 9.84 Å². The standard InChI is InChI=1S/C16H12Cl2O3/c1-21-15-8-3-2-5-10(15)11(16(19)20)9-12-13(17)6-4-7-14(12)18/h2-9H,1H3,(H,19,20)/b11-9-. The van der Waals surface area contributed by atoms with E-state index < -0.39 is 5.97 Å². The molecule has 5 heteroatoms. The molecule has 0 saturated carbocycles. The van der Waals surface area contributed by atoms with Crippen LogP contribution in [0.5, 0.6) is 5.75 Å². The van der Waals surface area contributed by atoms with Crippen LogP contribution in [0.15, 0.2) is 42.5 Å². The third-order valence-corrected chi connectivity index (χ3v) is 3.58. The predicted molar refractivity (Wildman–Crippen MR) is 85.0 cm³/mol. The molecule has 0 amide bonds. The lowest BCUT2D eigenvalue weighted by atomic mass is 10.0. The number of para-hydroxylation sites is 1. The zero-order chi connectivity index (χ0) is 15.4. The second-order valence-corrected chi connectivity index (χ2v) is 5.01. The van der Waals surface area contributed by atoms with Crippen LogP contribution in [0.25, 0.3) is 11.6 Å². The Bertz CT molecular complexity index is 688. The van der Waals surface area contributed by atoms with E-state index in [1.54, 1.807) is 42.5 Å². The van der Waals surface area contributed by atoms with Gasteiger partial charge in [0.25, 0.3) is 0 Å². The number of rotatable bonds is 4. The molecule has 0 aliphatic rings. The van der Waals surface area contributed by atoms with Crippen molar-refractivity contribution in [1.29, 1.82) is 0 Å². The summed E-state index contributed by atoms with van der Waals surface area (Å²) in [6.07, 6.45) is 1.45. The highest BCUT2D eigenvalue weighted by Gasteiger charge is 2.16. The van der Waals surface area contributed by atoms with Crippen molar-refractivity contribution >= 4 is 40.8 Å². The molecule has 2 rings (SSSR count). The summed E-state index contributed by atoms with van der Waals surface area (Å²) in [6, 6.07) is 11.9. The summed E-state index contributed by atoms with van der Waals surface area (Å²) < 4.78 is 5.20. The van der Waals surface area contributed by atoms with Crippen molar-refractivity contribution in [3.8, 4) is 5.75 Å². The van der Waals surface area contributed by atoms with Crippen molar-refractivity contribution in [3.05, 3.63) is 63.6 Å². The van der Waals surface area contributed by atoms with E-state index in [0.29, 0.717) is 26.9 Å². The summed E-state index contributed by atoms with van der Waals surface area (Å²) in [4.78, 5) is 11.6. The third-order valence-electron chi connectivity index (χ3n) is 2.92. The van der Waals surface area contributed by atoms with E-state index in [-0.39, 0.29) is 5.57 Å². The molecule has 0 aliphatic heterocycles. The second-order valence-electron chi connectivity index (χ2n) is 4.20. The van der Waals surface area contributed by atoms with Crippen molar-refractivity contribution in [2.45, 2.75) is 0 Å². The average molecular weight is 323 g/mol. The maximum atomic E-state index is 11.6. The first-order valence-corrected chi connectivity index (χ1v) is 6.82. The Labute approximate surface area is 132 Å². The fourth-order valence-corrected chi connectivity index (χ4v) is 2.42. The molecule has 108 valence electrons. The van der Waals surface area contributed by atoms with Crippen molar-refractivity contribution in [1.82, 2.24) is 0 Å². The van der Waals surface area contributed by atoms with Gasteiger partial charge in [-0.1, -0.05) is 47.5 Å². The lowest BCUT2D eigenvalue weighted by Crippen LogP contribution is -2.02. The zero-order valence-corrected chi connectivity index (χ0v) is 12.7. The fraction of sp³-hybridized carbons (Fsp3) is 0.0625. The summed E-state index contributed by atoms with van der Waals surface area (Å²) in [6.45, 7) is 0. The quantitative estimate of drug-likeness (QED) is 0.659. The molecule has 0 bridgehead atoms. The van der Waals surface area contributed by atoms with Gasteiger partial charge in [0.2, 0.25) is 0 Å². The molecule has 0 fully saturated rings. The highest BCUT2D eigenvalue weighted by molar-refractivity contribution is 6.38. The van der Waals surface area contributed by atoms with E-state index in [2.05, 4.69) is 0 Å². The van der Waals surface area contributed by atoms with Gasteiger partial charge in [-0.15, -0.1) is 0 Å². The van der Waals surface area contributed by atoms with Crippen LogP contribution >= 0.6 is 23.2 Å². The molecule has 1 N–H and O–H groups in total. The van der Waals surface area contributed by atoms with Gasteiger partial charge in [-0.25, -0.2) is 4.79 Å². The normalized spacial score (nSPS) is 11.3. The lowest BCUT2D eigenvalue weighted by molar-refractivity contribution is -0.130. The van der Waals surface area contributed by atoms with Crippen LogP contribution in [0.4, 0.5) is 0 Å². The Morgan fingerprint density at radius 3 is 2.29 bits per heavy atom. The molecule has 0 spiro atoms. The van der Waals surface area contributed by atoms with Crippen LogP contribution in [0.3, 0.4) is 0 Å². The van der Waals surface area contributed by atoms with Gasteiger partial charge in [0.15, 0.2) is 0 Å². The van der Waals surface area contributed by atoms with Gasteiger partial charge in [0.1, 0.15) is 5.75 Å². The summed E-state index contributed by atoms with van der Waals surface area (Å²) in [7, 11) is 1.49. The number of ether oxygens (including phenoxy) is 1. The first-order chi connectivity index (χ1) is 10.0. The summed E-state index contributed by atoms with van der Waals surface area (Å²) in [5.74, 6) is -0.621. The van der Waals surface area contributed by atoms with E-state index in [9.17, 15) is 9.90 Å². The Hall–Kier alpha value is -1.97. The van der Waals surface area contributed by atoms with E-state index >= 15 is 0 Å². The maximum absolute atomic E-state index is 11.6. The number of benzene rings is 2. The molecular weight excluding hydrogens is 311 g/mol. The Morgan fingerprint density at radius 2 is 1.71 bits per heavy atom. The fourth-order valence-electron chi connectivity index (χ4n) is 1.91. The number of hydrogen-bond donors (Lipinski definition) is 1. The number of halogens is 2. The number of methoxy groups -OCH3 is 1. The predicted octanol–water partition coefficient (Wildman–Crippen LogP) is 4.63. The minimum atomic E-state index is -1.09. The molecule has 21 heavy (non-hydrogen) atoms. The number of hydrogen-bond acceptors (Lipinski definition) is 2. The molecular formula is C16H12Cl2O3. The van der Waals surface area contributed by atoms with Crippen LogP contribution in [0, 0.1) is 0 Å². The van der Waals surface area contributed by atoms with Gasteiger partial charge in [-0.3, -0.25) is 0 Å². The Balaban J connectivity index is 2.64. The van der Waals surface area contributed by atoms with E-state index in [1.165, 1.54) is 13.2 Å². The first-order valence-electron chi connectivity index (χ1n) is 6.07. The number of carbonyl (C=O) groups is 1. The van der Waals surface area contributed by atoms with Gasteiger partial charge >= 0.3 is 5.97 Å². The third kappa shape index (κ3) is 3.38. The molecule has 0 heterocycles. The van der Waals surface area contributed by atoms with Gasteiger partial charge in [-0.2, -0.15) is 0 Å². The van der Waals surface area contributed by atoms with E-state index in [4.69, 9.17) is 27.9 Å². The van der Waals surface area contributed by atoms with Crippen LogP contribution in [-0.2, 0) is 4.79 Å². The summed E-state index contributed by atoms with van der Waals surface area (Å²) in [5, 5.41) is 10.3. The molecule has 0 saturated heterocycles. The monoisotopic (exact) mass is 322 g/mol. The van der Waals surface area contributed by atoms with Crippen LogP contribution in [0.1, 0.15) is 11.1 Å². The molecule has 0 unspecified atom stereocenters. The molecule has 0 aliphatic carbocycles. The number of aliphatic carboxylic acids is 1.